The molecule has 0 atom stereocenters. The third-order valence-corrected chi connectivity index (χ3v) is 4.39. The second-order valence-electron chi connectivity index (χ2n) is 4.99. The summed E-state index contributed by atoms with van der Waals surface area (Å²) < 4.78 is 44.8. The molecule has 4 nitrogen and oxygen atoms in total. The molecule has 0 aliphatic carbocycles. The van der Waals surface area contributed by atoms with Gasteiger partial charge in [0.2, 0.25) is 10.0 Å². The number of anilines is 1. The second kappa shape index (κ2) is 6.79. The van der Waals surface area contributed by atoms with Gasteiger partial charge >= 0.3 is 0 Å². The summed E-state index contributed by atoms with van der Waals surface area (Å²) in [6, 6.07) is 11.0. The number of ether oxygens (including phenoxy) is 1. The van der Waals surface area contributed by atoms with Crippen LogP contribution in [0.2, 0.25) is 0 Å². The van der Waals surface area contributed by atoms with Crippen LogP contribution in [0.1, 0.15) is 11.1 Å². The van der Waals surface area contributed by atoms with E-state index in [1.54, 1.807) is 0 Å². The van der Waals surface area contributed by atoms with Crippen LogP contribution >= 0.6 is 0 Å². The molecule has 0 aliphatic heterocycles. The zero-order valence-electron chi connectivity index (χ0n) is 12.5. The number of halogens is 1. The Labute approximate surface area is 130 Å². The molecule has 22 heavy (non-hydrogen) atoms. The average Bonchev–Trinajstić information content (AvgIpc) is 2.45. The van der Waals surface area contributed by atoms with Crippen LogP contribution in [0.25, 0.3) is 0 Å². The van der Waals surface area contributed by atoms with Crippen LogP contribution < -0.4 is 9.46 Å². The van der Waals surface area contributed by atoms with Crippen LogP contribution in [-0.2, 0) is 10.0 Å². The highest BCUT2D eigenvalue weighted by atomic mass is 32.2. The van der Waals surface area contributed by atoms with Gasteiger partial charge in [-0.3, -0.25) is 4.72 Å². The van der Waals surface area contributed by atoms with E-state index in [0.29, 0.717) is 11.4 Å². The van der Waals surface area contributed by atoms with Crippen molar-refractivity contribution in [2.75, 3.05) is 17.1 Å². The Morgan fingerprint density at radius 2 is 1.64 bits per heavy atom. The molecule has 0 heterocycles. The topological polar surface area (TPSA) is 55.4 Å². The highest BCUT2D eigenvalue weighted by Gasteiger charge is 2.13. The van der Waals surface area contributed by atoms with E-state index in [9.17, 15) is 12.8 Å². The molecule has 0 aliphatic rings. The quantitative estimate of drug-likeness (QED) is 0.888. The van der Waals surface area contributed by atoms with Crippen molar-refractivity contribution >= 4 is 15.7 Å². The van der Waals surface area contributed by atoms with Crippen LogP contribution in [0.5, 0.6) is 5.75 Å². The number of benzene rings is 2. The molecule has 6 heteroatoms. The minimum Gasteiger partial charge on any atom is -0.492 e. The fourth-order valence-corrected chi connectivity index (χ4v) is 3.02. The van der Waals surface area contributed by atoms with E-state index in [1.807, 2.05) is 32.0 Å². The van der Waals surface area contributed by atoms with Crippen LogP contribution in [0.3, 0.4) is 0 Å². The summed E-state index contributed by atoms with van der Waals surface area (Å²) in [5, 5.41) is 0. The summed E-state index contributed by atoms with van der Waals surface area (Å²) in [7, 11) is -3.51. The first-order chi connectivity index (χ1) is 10.4. The van der Waals surface area contributed by atoms with Crippen LogP contribution in [-0.4, -0.2) is 20.8 Å². The molecule has 0 bridgehead atoms. The van der Waals surface area contributed by atoms with Crippen LogP contribution in [0.4, 0.5) is 10.1 Å². The molecule has 2 aromatic rings. The maximum atomic E-state index is 12.8. The van der Waals surface area contributed by atoms with Gasteiger partial charge in [-0.15, -0.1) is 0 Å². The lowest BCUT2D eigenvalue weighted by molar-refractivity contribution is 0.340. The third kappa shape index (κ3) is 4.46. The maximum absolute atomic E-state index is 12.8. The molecule has 0 saturated heterocycles. The van der Waals surface area contributed by atoms with Crippen molar-refractivity contribution in [1.29, 1.82) is 0 Å². The van der Waals surface area contributed by atoms with E-state index in [2.05, 4.69) is 4.72 Å². The van der Waals surface area contributed by atoms with Crippen molar-refractivity contribution < 1.29 is 17.5 Å². The number of hydrogen-bond donors (Lipinski definition) is 1. The fraction of sp³-hybridized carbons (Fsp3) is 0.250. The Bertz CT molecular complexity index is 722. The van der Waals surface area contributed by atoms with Crippen molar-refractivity contribution in [3.8, 4) is 5.75 Å². The van der Waals surface area contributed by atoms with Gasteiger partial charge < -0.3 is 4.74 Å². The van der Waals surface area contributed by atoms with Crippen molar-refractivity contribution in [2.24, 2.45) is 0 Å². The summed E-state index contributed by atoms with van der Waals surface area (Å²) in [5.74, 6) is -0.113. The monoisotopic (exact) mass is 323 g/mol. The third-order valence-electron chi connectivity index (χ3n) is 3.17. The van der Waals surface area contributed by atoms with Gasteiger partial charge in [-0.1, -0.05) is 18.2 Å². The van der Waals surface area contributed by atoms with Gasteiger partial charge in [0.1, 0.15) is 23.9 Å². The zero-order valence-corrected chi connectivity index (χ0v) is 13.3. The first-order valence-electron chi connectivity index (χ1n) is 6.82. The lowest BCUT2D eigenvalue weighted by Crippen LogP contribution is -2.22. The molecular weight excluding hydrogens is 305 g/mol. The minimum absolute atomic E-state index is 0.00804. The normalized spacial score (nSPS) is 11.2. The maximum Gasteiger partial charge on any atom is 0.236 e. The Morgan fingerprint density at radius 1 is 1.05 bits per heavy atom. The van der Waals surface area contributed by atoms with Gasteiger partial charge in [0, 0.05) is 0 Å². The molecule has 2 rings (SSSR count). The van der Waals surface area contributed by atoms with Gasteiger partial charge in [-0.2, -0.15) is 0 Å². The molecule has 2 aromatic carbocycles. The summed E-state index contributed by atoms with van der Waals surface area (Å²) in [5.41, 5.74) is 2.33. The SMILES string of the molecule is Cc1cccc(C)c1NS(=O)(=O)CCOc1ccc(F)cc1. The van der Waals surface area contributed by atoms with Gasteiger partial charge in [0.05, 0.1) is 5.69 Å². The Hall–Kier alpha value is -2.08. The number of aryl methyl sites for hydroxylation is 2. The Balaban J connectivity index is 1.95. The van der Waals surface area contributed by atoms with Crippen molar-refractivity contribution in [3.05, 3.63) is 59.4 Å². The first-order valence-corrected chi connectivity index (χ1v) is 8.48. The highest BCUT2D eigenvalue weighted by Crippen LogP contribution is 2.20. The molecule has 0 amide bonds. The number of para-hydroxylation sites is 1. The summed E-state index contributed by atoms with van der Waals surface area (Å²) in [4.78, 5) is 0. The predicted octanol–water partition coefficient (Wildman–Crippen LogP) is 3.26. The Morgan fingerprint density at radius 3 is 2.23 bits per heavy atom. The molecule has 0 unspecified atom stereocenters. The fourth-order valence-electron chi connectivity index (χ4n) is 1.98. The van der Waals surface area contributed by atoms with Crippen molar-refractivity contribution in [2.45, 2.75) is 13.8 Å². The predicted molar refractivity (Wildman–Crippen MR) is 85.2 cm³/mol. The number of sulfonamides is 1. The van der Waals surface area contributed by atoms with Gasteiger partial charge in [-0.25, -0.2) is 12.8 Å². The van der Waals surface area contributed by atoms with Crippen molar-refractivity contribution in [1.82, 2.24) is 0 Å². The number of nitrogens with one attached hydrogen (secondary N) is 1. The van der Waals surface area contributed by atoms with E-state index in [1.165, 1.54) is 24.3 Å². The molecule has 0 radical (unpaired) electrons. The van der Waals surface area contributed by atoms with Crippen LogP contribution in [0, 0.1) is 19.7 Å². The van der Waals surface area contributed by atoms with Crippen molar-refractivity contribution in [3.63, 3.8) is 0 Å². The summed E-state index contributed by atoms with van der Waals surface area (Å²) >= 11 is 0. The molecule has 0 spiro atoms. The zero-order chi connectivity index (χ0) is 16.2. The summed E-state index contributed by atoms with van der Waals surface area (Å²) in [6.45, 7) is 3.69. The molecular formula is C16H18FNO3S. The standard InChI is InChI=1S/C16H18FNO3S/c1-12-4-3-5-13(2)16(12)18-22(19,20)11-10-21-15-8-6-14(17)7-9-15/h3-9,18H,10-11H2,1-2H3. The summed E-state index contributed by atoms with van der Waals surface area (Å²) in [6.07, 6.45) is 0. The lowest BCUT2D eigenvalue weighted by atomic mass is 10.1. The molecule has 118 valence electrons. The molecule has 0 aromatic heterocycles. The van der Waals surface area contributed by atoms with E-state index < -0.39 is 10.0 Å². The van der Waals surface area contributed by atoms with E-state index in [-0.39, 0.29) is 18.2 Å². The van der Waals surface area contributed by atoms with E-state index in [0.717, 1.165) is 11.1 Å². The van der Waals surface area contributed by atoms with Gasteiger partial charge in [0.25, 0.3) is 0 Å². The Kier molecular flexibility index (Phi) is 5.03. The average molecular weight is 323 g/mol. The smallest absolute Gasteiger partial charge is 0.236 e. The van der Waals surface area contributed by atoms with E-state index in [4.69, 9.17) is 4.74 Å². The largest absolute Gasteiger partial charge is 0.492 e. The lowest BCUT2D eigenvalue weighted by Gasteiger charge is -2.13. The minimum atomic E-state index is -3.51. The van der Waals surface area contributed by atoms with E-state index >= 15 is 0 Å². The second-order valence-corrected chi connectivity index (χ2v) is 6.83. The number of hydrogen-bond acceptors (Lipinski definition) is 3. The van der Waals surface area contributed by atoms with Gasteiger partial charge in [0.15, 0.2) is 0 Å². The van der Waals surface area contributed by atoms with Crippen LogP contribution in [0.15, 0.2) is 42.5 Å². The molecule has 0 fully saturated rings. The molecule has 0 saturated carbocycles. The first kappa shape index (κ1) is 16.3. The molecule has 1 N–H and O–H groups in total. The number of rotatable bonds is 6. The highest BCUT2D eigenvalue weighted by molar-refractivity contribution is 7.92. The van der Waals surface area contributed by atoms with Gasteiger partial charge in [-0.05, 0) is 49.2 Å².